The van der Waals surface area contributed by atoms with Gasteiger partial charge in [-0.3, -0.25) is 4.99 Å². The lowest BCUT2D eigenvalue weighted by molar-refractivity contribution is 0.0807. The number of benzene rings is 2. The molecule has 0 unspecified atom stereocenters. The Kier molecular flexibility index (Phi) is 4.49. The fourth-order valence-electron chi connectivity index (χ4n) is 3.08. The van der Waals surface area contributed by atoms with Crippen molar-refractivity contribution in [2.45, 2.75) is 19.4 Å². The molecule has 126 valence electrons. The smallest absolute Gasteiger partial charge is 0.123 e. The molecule has 2 heterocycles. The number of aliphatic imine (C=N–C) groups is 1. The fraction of sp³-hybridized carbons (Fsp3) is 0.286. The standard InChI is InChI=1S/C21H19FN2O/c22-19-3-5-20(6-4-19)24-21-12-18-14-23-13-17(18)11-16(21)2-1-15-7-9-25-10-8-15/h3-6,11-12,14-15,24H,7-10,13H2. The number of halogens is 1. The molecule has 0 amide bonds. The van der Waals surface area contributed by atoms with Gasteiger partial charge < -0.3 is 10.1 Å². The van der Waals surface area contributed by atoms with Gasteiger partial charge in [0.05, 0.1) is 12.2 Å². The quantitative estimate of drug-likeness (QED) is 0.832. The summed E-state index contributed by atoms with van der Waals surface area (Å²) in [5.74, 6) is 6.88. The molecule has 1 saturated heterocycles. The average molecular weight is 334 g/mol. The van der Waals surface area contributed by atoms with Gasteiger partial charge in [-0.15, -0.1) is 0 Å². The Balaban J connectivity index is 1.65. The molecule has 0 saturated carbocycles. The third-order valence-electron chi connectivity index (χ3n) is 4.53. The summed E-state index contributed by atoms with van der Waals surface area (Å²) in [5, 5.41) is 3.36. The first-order valence-corrected chi connectivity index (χ1v) is 8.56. The molecular weight excluding hydrogens is 315 g/mol. The minimum atomic E-state index is -0.244. The van der Waals surface area contributed by atoms with Gasteiger partial charge in [-0.1, -0.05) is 11.8 Å². The number of rotatable bonds is 2. The number of hydrogen-bond donors (Lipinski definition) is 1. The first-order valence-electron chi connectivity index (χ1n) is 8.56. The van der Waals surface area contributed by atoms with Crippen molar-refractivity contribution in [2.24, 2.45) is 10.9 Å². The minimum Gasteiger partial charge on any atom is -0.381 e. The fourth-order valence-corrected chi connectivity index (χ4v) is 3.08. The van der Waals surface area contributed by atoms with Crippen LogP contribution in [0.15, 0.2) is 41.4 Å². The Bertz CT molecular complexity index is 856. The monoisotopic (exact) mass is 334 g/mol. The van der Waals surface area contributed by atoms with Crippen molar-refractivity contribution in [3.05, 3.63) is 58.9 Å². The van der Waals surface area contributed by atoms with Crippen molar-refractivity contribution < 1.29 is 9.13 Å². The highest BCUT2D eigenvalue weighted by Crippen LogP contribution is 2.27. The molecule has 2 aromatic carbocycles. The highest BCUT2D eigenvalue weighted by molar-refractivity contribution is 5.88. The first kappa shape index (κ1) is 15.9. The minimum absolute atomic E-state index is 0.244. The molecule has 2 aliphatic heterocycles. The lowest BCUT2D eigenvalue weighted by atomic mass is 9.99. The Morgan fingerprint density at radius 2 is 1.92 bits per heavy atom. The number of ether oxygens (including phenoxy) is 1. The lowest BCUT2D eigenvalue weighted by Crippen LogP contribution is -2.13. The maximum Gasteiger partial charge on any atom is 0.123 e. The van der Waals surface area contributed by atoms with Crippen molar-refractivity contribution >= 4 is 17.6 Å². The predicted molar refractivity (Wildman–Crippen MR) is 97.8 cm³/mol. The molecule has 0 atom stereocenters. The maximum absolute atomic E-state index is 13.1. The van der Waals surface area contributed by atoms with E-state index in [1.807, 2.05) is 6.21 Å². The molecule has 1 fully saturated rings. The molecule has 0 spiro atoms. The van der Waals surface area contributed by atoms with Crippen molar-refractivity contribution in [2.75, 3.05) is 18.5 Å². The summed E-state index contributed by atoms with van der Waals surface area (Å²) in [6.45, 7) is 2.29. The van der Waals surface area contributed by atoms with Gasteiger partial charge in [-0.2, -0.15) is 0 Å². The summed E-state index contributed by atoms with van der Waals surface area (Å²) < 4.78 is 18.5. The second-order valence-corrected chi connectivity index (χ2v) is 6.35. The first-order chi connectivity index (χ1) is 12.3. The van der Waals surface area contributed by atoms with Crippen LogP contribution < -0.4 is 5.32 Å². The Hall–Kier alpha value is -2.64. The van der Waals surface area contributed by atoms with E-state index < -0.39 is 0 Å². The molecule has 4 heteroatoms. The summed E-state index contributed by atoms with van der Waals surface area (Å²) in [6, 6.07) is 10.5. The number of fused-ring (bicyclic) bond motifs is 1. The van der Waals surface area contributed by atoms with Gasteiger partial charge in [0.1, 0.15) is 5.82 Å². The van der Waals surface area contributed by atoms with E-state index in [-0.39, 0.29) is 5.82 Å². The number of anilines is 2. The van der Waals surface area contributed by atoms with Crippen LogP contribution in [-0.2, 0) is 11.3 Å². The molecule has 0 bridgehead atoms. The molecule has 25 heavy (non-hydrogen) atoms. The Morgan fingerprint density at radius 1 is 1.12 bits per heavy atom. The van der Waals surface area contributed by atoms with Crippen molar-refractivity contribution in [1.82, 2.24) is 0 Å². The Labute approximate surface area is 146 Å². The van der Waals surface area contributed by atoms with E-state index in [9.17, 15) is 4.39 Å². The van der Waals surface area contributed by atoms with Gasteiger partial charge in [-0.25, -0.2) is 4.39 Å². The van der Waals surface area contributed by atoms with Crippen molar-refractivity contribution in [3.63, 3.8) is 0 Å². The van der Waals surface area contributed by atoms with E-state index in [1.165, 1.54) is 17.7 Å². The van der Waals surface area contributed by atoms with Gasteiger partial charge >= 0.3 is 0 Å². The van der Waals surface area contributed by atoms with Crippen LogP contribution in [-0.4, -0.2) is 19.4 Å². The van der Waals surface area contributed by atoms with Gasteiger partial charge in [0.15, 0.2) is 0 Å². The summed E-state index contributed by atoms with van der Waals surface area (Å²) in [6.07, 6.45) is 3.87. The maximum atomic E-state index is 13.1. The topological polar surface area (TPSA) is 33.6 Å². The second-order valence-electron chi connectivity index (χ2n) is 6.35. The third kappa shape index (κ3) is 3.72. The third-order valence-corrected chi connectivity index (χ3v) is 4.53. The molecule has 3 nitrogen and oxygen atoms in total. The van der Waals surface area contributed by atoms with Crippen molar-refractivity contribution in [1.29, 1.82) is 0 Å². The lowest BCUT2D eigenvalue weighted by Gasteiger charge is -2.17. The zero-order valence-corrected chi connectivity index (χ0v) is 13.9. The molecule has 2 aromatic rings. The van der Waals surface area contributed by atoms with Crippen LogP contribution in [0.4, 0.5) is 15.8 Å². The van der Waals surface area contributed by atoms with E-state index in [0.29, 0.717) is 12.5 Å². The average Bonchev–Trinajstić information content (AvgIpc) is 3.10. The van der Waals surface area contributed by atoms with Crippen LogP contribution in [0.1, 0.15) is 29.5 Å². The normalized spacial score (nSPS) is 16.2. The summed E-state index contributed by atoms with van der Waals surface area (Å²) in [7, 11) is 0. The van der Waals surface area contributed by atoms with Crippen LogP contribution in [0.3, 0.4) is 0 Å². The zero-order chi connectivity index (χ0) is 17.1. The molecule has 1 N–H and O–H groups in total. The molecular formula is C21H19FN2O. The summed E-state index contributed by atoms with van der Waals surface area (Å²) >= 11 is 0. The number of nitrogens with one attached hydrogen (secondary N) is 1. The van der Waals surface area contributed by atoms with Crippen LogP contribution in [0, 0.1) is 23.6 Å². The summed E-state index contributed by atoms with van der Waals surface area (Å²) in [4.78, 5) is 4.34. The van der Waals surface area contributed by atoms with Gasteiger partial charge in [0, 0.05) is 36.6 Å². The van der Waals surface area contributed by atoms with Gasteiger partial charge in [0.25, 0.3) is 0 Å². The molecule has 0 radical (unpaired) electrons. The van der Waals surface area contributed by atoms with Crippen LogP contribution in [0.2, 0.25) is 0 Å². The summed E-state index contributed by atoms with van der Waals surface area (Å²) in [5.41, 5.74) is 5.03. The SMILES string of the molecule is Fc1ccc(Nc2cc3c(cc2C#CC2CCOCC2)CN=C3)cc1. The largest absolute Gasteiger partial charge is 0.381 e. The van der Waals surface area contributed by atoms with E-state index >= 15 is 0 Å². The van der Waals surface area contributed by atoms with Crippen LogP contribution >= 0.6 is 0 Å². The molecule has 0 aromatic heterocycles. The highest BCUT2D eigenvalue weighted by atomic mass is 19.1. The van der Waals surface area contributed by atoms with Crippen molar-refractivity contribution in [3.8, 4) is 11.8 Å². The van der Waals surface area contributed by atoms with Crippen LogP contribution in [0.5, 0.6) is 0 Å². The van der Waals surface area contributed by atoms with Gasteiger partial charge in [0.2, 0.25) is 0 Å². The van der Waals surface area contributed by atoms with E-state index in [0.717, 1.165) is 48.6 Å². The van der Waals surface area contributed by atoms with E-state index in [2.05, 4.69) is 34.3 Å². The van der Waals surface area contributed by atoms with E-state index in [1.54, 1.807) is 12.1 Å². The molecule has 2 aliphatic rings. The van der Waals surface area contributed by atoms with E-state index in [4.69, 9.17) is 4.74 Å². The number of hydrogen-bond acceptors (Lipinski definition) is 3. The zero-order valence-electron chi connectivity index (χ0n) is 13.9. The number of nitrogens with zero attached hydrogens (tertiary/aromatic N) is 1. The predicted octanol–water partition coefficient (Wildman–Crippen LogP) is 4.28. The Morgan fingerprint density at radius 3 is 2.72 bits per heavy atom. The molecule has 4 rings (SSSR count). The van der Waals surface area contributed by atoms with Crippen LogP contribution in [0.25, 0.3) is 0 Å². The van der Waals surface area contributed by atoms with Gasteiger partial charge in [-0.05, 0) is 60.4 Å². The molecule has 0 aliphatic carbocycles. The second kappa shape index (κ2) is 7.08. The highest BCUT2D eigenvalue weighted by Gasteiger charge is 2.13.